The van der Waals surface area contributed by atoms with Crippen molar-refractivity contribution in [3.05, 3.63) is 35.9 Å². The van der Waals surface area contributed by atoms with Gasteiger partial charge in [0.2, 0.25) is 0 Å². The molecule has 0 saturated carbocycles. The molecule has 3 nitrogen and oxygen atoms in total. The largest absolute Gasteiger partial charge is 0.478 e. The van der Waals surface area contributed by atoms with Gasteiger partial charge in [-0.3, -0.25) is 0 Å². The number of nitrogens with zero attached hydrogens (tertiary/aromatic N) is 1. The van der Waals surface area contributed by atoms with Crippen LogP contribution in [0.15, 0.2) is 30.3 Å². The molecule has 0 radical (unpaired) electrons. The fourth-order valence-electron chi connectivity index (χ4n) is 2.06. The van der Waals surface area contributed by atoms with E-state index in [9.17, 15) is 4.79 Å². The summed E-state index contributed by atoms with van der Waals surface area (Å²) in [5.74, 6) is -0.879. The first-order valence-electron chi connectivity index (χ1n) is 8.66. The van der Waals surface area contributed by atoms with Gasteiger partial charge in [-0.25, -0.2) is 4.79 Å². The number of carboxylic acid groups (broad SMARTS) is 1. The van der Waals surface area contributed by atoms with E-state index < -0.39 is 5.97 Å². The average molecular weight is 307 g/mol. The van der Waals surface area contributed by atoms with E-state index in [-0.39, 0.29) is 0 Å². The van der Waals surface area contributed by atoms with E-state index in [1.54, 1.807) is 30.3 Å². The van der Waals surface area contributed by atoms with Gasteiger partial charge in [0.1, 0.15) is 0 Å². The van der Waals surface area contributed by atoms with E-state index in [0.717, 1.165) is 0 Å². The van der Waals surface area contributed by atoms with Crippen LogP contribution >= 0.6 is 0 Å². The SMILES string of the molecule is CCCCN(CCCC)CCCC.O=C(O)c1ccccc1. The van der Waals surface area contributed by atoms with Crippen molar-refractivity contribution < 1.29 is 9.90 Å². The van der Waals surface area contributed by atoms with Crippen LogP contribution in [0.3, 0.4) is 0 Å². The quantitative estimate of drug-likeness (QED) is 0.656. The lowest BCUT2D eigenvalue weighted by molar-refractivity contribution is 0.0697. The molecular weight excluding hydrogens is 274 g/mol. The predicted molar refractivity (Wildman–Crippen MR) is 94.6 cm³/mol. The molecule has 0 fully saturated rings. The normalized spacial score (nSPS) is 10.2. The van der Waals surface area contributed by atoms with Gasteiger partial charge in [-0.1, -0.05) is 58.2 Å². The van der Waals surface area contributed by atoms with Crippen LogP contribution in [0.1, 0.15) is 69.7 Å². The van der Waals surface area contributed by atoms with Crippen molar-refractivity contribution in [2.75, 3.05) is 19.6 Å². The van der Waals surface area contributed by atoms with Gasteiger partial charge in [0.15, 0.2) is 0 Å². The minimum Gasteiger partial charge on any atom is -0.478 e. The van der Waals surface area contributed by atoms with Gasteiger partial charge in [0.05, 0.1) is 5.56 Å². The lowest BCUT2D eigenvalue weighted by atomic mass is 10.2. The van der Waals surface area contributed by atoms with Crippen LogP contribution in [-0.4, -0.2) is 35.6 Å². The molecule has 0 unspecified atom stereocenters. The van der Waals surface area contributed by atoms with E-state index >= 15 is 0 Å². The smallest absolute Gasteiger partial charge is 0.335 e. The number of rotatable bonds is 10. The van der Waals surface area contributed by atoms with Crippen molar-refractivity contribution >= 4 is 5.97 Å². The maximum atomic E-state index is 10.2. The zero-order valence-electron chi connectivity index (χ0n) is 14.6. The minimum absolute atomic E-state index is 0.331. The second-order valence-electron chi connectivity index (χ2n) is 5.57. The molecule has 1 N–H and O–H groups in total. The van der Waals surface area contributed by atoms with E-state index in [4.69, 9.17) is 5.11 Å². The number of hydrogen-bond donors (Lipinski definition) is 1. The van der Waals surface area contributed by atoms with Gasteiger partial charge in [-0.15, -0.1) is 0 Å². The Hall–Kier alpha value is -1.35. The molecule has 0 spiro atoms. The van der Waals surface area contributed by atoms with Crippen LogP contribution in [0, 0.1) is 0 Å². The Morgan fingerprint density at radius 3 is 1.55 bits per heavy atom. The van der Waals surface area contributed by atoms with Crippen molar-refractivity contribution in [3.63, 3.8) is 0 Å². The summed E-state index contributed by atoms with van der Waals surface area (Å²) in [6, 6.07) is 8.30. The van der Waals surface area contributed by atoms with Gasteiger partial charge in [0.25, 0.3) is 0 Å². The van der Waals surface area contributed by atoms with Crippen LogP contribution in [0.5, 0.6) is 0 Å². The monoisotopic (exact) mass is 307 g/mol. The van der Waals surface area contributed by atoms with Gasteiger partial charge in [0, 0.05) is 0 Å². The molecule has 0 bridgehead atoms. The van der Waals surface area contributed by atoms with Gasteiger partial charge >= 0.3 is 5.97 Å². The number of aromatic carboxylic acids is 1. The predicted octanol–water partition coefficient (Wildman–Crippen LogP) is 5.07. The highest BCUT2D eigenvalue weighted by Crippen LogP contribution is 2.01. The lowest BCUT2D eigenvalue weighted by Gasteiger charge is -2.21. The van der Waals surface area contributed by atoms with Crippen molar-refractivity contribution in [2.24, 2.45) is 0 Å². The summed E-state index contributed by atoms with van der Waals surface area (Å²) < 4.78 is 0. The van der Waals surface area contributed by atoms with Crippen LogP contribution < -0.4 is 0 Å². The Morgan fingerprint density at radius 2 is 1.27 bits per heavy atom. The number of carboxylic acids is 1. The minimum atomic E-state index is -0.879. The Balaban J connectivity index is 0.000000425. The number of carbonyl (C=O) groups is 1. The fourth-order valence-corrected chi connectivity index (χ4v) is 2.06. The fraction of sp³-hybridized carbons (Fsp3) is 0.632. The zero-order chi connectivity index (χ0) is 16.6. The van der Waals surface area contributed by atoms with Gasteiger partial charge < -0.3 is 10.0 Å². The molecule has 0 saturated heterocycles. The number of benzene rings is 1. The molecule has 0 heterocycles. The molecule has 1 rings (SSSR count). The summed E-state index contributed by atoms with van der Waals surface area (Å²) in [5, 5.41) is 8.38. The van der Waals surface area contributed by atoms with E-state index in [1.807, 2.05) is 0 Å². The Labute approximate surface area is 136 Å². The topological polar surface area (TPSA) is 40.5 Å². The average Bonchev–Trinajstić information content (AvgIpc) is 2.55. The number of hydrogen-bond acceptors (Lipinski definition) is 2. The van der Waals surface area contributed by atoms with E-state index in [0.29, 0.717) is 5.56 Å². The molecule has 0 aromatic heterocycles. The molecule has 22 heavy (non-hydrogen) atoms. The van der Waals surface area contributed by atoms with Crippen LogP contribution in [0.4, 0.5) is 0 Å². The summed E-state index contributed by atoms with van der Waals surface area (Å²) in [4.78, 5) is 12.8. The standard InChI is InChI=1S/C12H27N.C7H6O2/c1-4-7-10-13(11-8-5-2)12-9-6-3;8-7(9)6-4-2-1-3-5-6/h4-12H2,1-3H3;1-5H,(H,8,9). The van der Waals surface area contributed by atoms with Gasteiger partial charge in [-0.05, 0) is 51.0 Å². The Kier molecular flexibility index (Phi) is 13.7. The molecule has 126 valence electrons. The molecule has 0 atom stereocenters. The highest BCUT2D eigenvalue weighted by Gasteiger charge is 2.01. The van der Waals surface area contributed by atoms with Crippen LogP contribution in [0.2, 0.25) is 0 Å². The maximum absolute atomic E-state index is 10.2. The highest BCUT2D eigenvalue weighted by molar-refractivity contribution is 5.87. The third kappa shape index (κ3) is 11.3. The van der Waals surface area contributed by atoms with E-state index in [2.05, 4.69) is 25.7 Å². The summed E-state index contributed by atoms with van der Waals surface area (Å²) >= 11 is 0. The number of unbranched alkanes of at least 4 members (excludes halogenated alkanes) is 3. The second kappa shape index (κ2) is 14.6. The second-order valence-corrected chi connectivity index (χ2v) is 5.57. The van der Waals surface area contributed by atoms with Crippen molar-refractivity contribution in [3.8, 4) is 0 Å². The lowest BCUT2D eigenvalue weighted by Crippen LogP contribution is -2.27. The summed E-state index contributed by atoms with van der Waals surface area (Å²) in [7, 11) is 0. The van der Waals surface area contributed by atoms with Crippen molar-refractivity contribution in [1.82, 2.24) is 4.90 Å². The first-order chi connectivity index (χ1) is 10.7. The summed E-state index contributed by atoms with van der Waals surface area (Å²) in [5.41, 5.74) is 0.331. The molecule has 0 aliphatic heterocycles. The van der Waals surface area contributed by atoms with Crippen LogP contribution in [0.25, 0.3) is 0 Å². The van der Waals surface area contributed by atoms with Crippen LogP contribution in [-0.2, 0) is 0 Å². The van der Waals surface area contributed by atoms with E-state index in [1.165, 1.54) is 58.2 Å². The van der Waals surface area contributed by atoms with Crippen molar-refractivity contribution in [1.29, 1.82) is 0 Å². The van der Waals surface area contributed by atoms with Crippen molar-refractivity contribution in [2.45, 2.75) is 59.3 Å². The third-order valence-corrected chi connectivity index (χ3v) is 3.50. The zero-order valence-corrected chi connectivity index (χ0v) is 14.6. The Bertz CT molecular complexity index is 346. The Morgan fingerprint density at radius 1 is 0.864 bits per heavy atom. The summed E-state index contributed by atoms with van der Waals surface area (Å²) in [6.45, 7) is 10.8. The first-order valence-corrected chi connectivity index (χ1v) is 8.66. The highest BCUT2D eigenvalue weighted by atomic mass is 16.4. The molecule has 0 aliphatic carbocycles. The first kappa shape index (κ1) is 20.6. The molecule has 1 aromatic rings. The molecule has 0 amide bonds. The molecule has 0 aliphatic rings. The molecule has 1 aromatic carbocycles. The molecular formula is C19H33NO2. The molecule has 3 heteroatoms. The maximum Gasteiger partial charge on any atom is 0.335 e. The van der Waals surface area contributed by atoms with Gasteiger partial charge in [-0.2, -0.15) is 0 Å². The summed E-state index contributed by atoms with van der Waals surface area (Å²) in [6.07, 6.45) is 8.09. The third-order valence-electron chi connectivity index (χ3n) is 3.50.